The third-order valence-corrected chi connectivity index (χ3v) is 0.997. The molecule has 0 radical (unpaired) electrons. The van der Waals surface area contributed by atoms with Crippen molar-refractivity contribution in [2.24, 2.45) is 0 Å². The van der Waals surface area contributed by atoms with E-state index in [1.165, 1.54) is 0 Å². The Morgan fingerprint density at radius 3 is 2.36 bits per heavy atom. The number of hydrogen-bond acceptors (Lipinski definition) is 2. The summed E-state index contributed by atoms with van der Waals surface area (Å²) in [6, 6.07) is 0.193. The fraction of sp³-hybridized carbons (Fsp3) is 0.875. The number of carbonyl (C=O) groups is 1. The number of hydrogen-bond donors (Lipinski definition) is 1. The summed E-state index contributed by atoms with van der Waals surface area (Å²) in [5.41, 5.74) is 0. The molecule has 0 bridgehead atoms. The molecule has 3 heteroatoms. The monoisotopic (exact) mass is 161 g/mol. The molecule has 0 fully saturated rings. The minimum absolute atomic E-state index is 0. The summed E-state index contributed by atoms with van der Waals surface area (Å²) in [4.78, 5) is 10.9. The van der Waals surface area contributed by atoms with Gasteiger partial charge in [0.1, 0.15) is 6.61 Å². The second-order valence-corrected chi connectivity index (χ2v) is 3.08. The van der Waals surface area contributed by atoms with E-state index in [0.717, 1.165) is 0 Å². The van der Waals surface area contributed by atoms with Crippen molar-refractivity contribution in [3.05, 3.63) is 0 Å². The average Bonchev–Trinajstić information content (AvgIpc) is 1.82. The van der Waals surface area contributed by atoms with Crippen LogP contribution in [0.3, 0.4) is 0 Å². The van der Waals surface area contributed by atoms with Gasteiger partial charge in [0.05, 0.1) is 6.10 Å². The molecule has 0 saturated carbocycles. The van der Waals surface area contributed by atoms with Gasteiger partial charge in [-0.2, -0.15) is 0 Å². The molecule has 68 valence electrons. The van der Waals surface area contributed by atoms with Crippen LogP contribution < -0.4 is 5.32 Å². The molecule has 3 nitrogen and oxygen atoms in total. The second kappa shape index (κ2) is 5.13. The van der Waals surface area contributed by atoms with Gasteiger partial charge in [-0.05, 0) is 27.7 Å². The highest BCUT2D eigenvalue weighted by molar-refractivity contribution is 5.77. The topological polar surface area (TPSA) is 38.3 Å². The average molecular weight is 161 g/mol. The molecule has 0 atom stereocenters. The van der Waals surface area contributed by atoms with Gasteiger partial charge in [-0.1, -0.05) is 0 Å². The van der Waals surface area contributed by atoms with Crippen molar-refractivity contribution in [3.63, 3.8) is 0 Å². The number of carbonyl (C=O) groups excluding carboxylic acids is 1. The molecule has 0 saturated heterocycles. The fourth-order valence-electron chi connectivity index (χ4n) is 0.606. The molecular weight excluding hydrogens is 142 g/mol. The number of amides is 1. The first-order valence-electron chi connectivity index (χ1n) is 3.93. The molecule has 0 aromatic heterocycles. The van der Waals surface area contributed by atoms with E-state index in [4.69, 9.17) is 4.74 Å². The van der Waals surface area contributed by atoms with Crippen molar-refractivity contribution in [3.8, 4) is 0 Å². The van der Waals surface area contributed by atoms with E-state index in [0.29, 0.717) is 0 Å². The summed E-state index contributed by atoms with van der Waals surface area (Å²) < 4.78 is 5.09. The zero-order chi connectivity index (χ0) is 8.85. The summed E-state index contributed by atoms with van der Waals surface area (Å²) in [6.45, 7) is 7.82. The third kappa shape index (κ3) is 7.33. The van der Waals surface area contributed by atoms with Crippen LogP contribution in [0, 0.1) is 0 Å². The summed E-state index contributed by atoms with van der Waals surface area (Å²) in [7, 11) is 0. The molecule has 1 N–H and O–H groups in total. The van der Waals surface area contributed by atoms with Crippen molar-refractivity contribution < 1.29 is 11.0 Å². The lowest BCUT2D eigenvalue weighted by Gasteiger charge is -2.10. The lowest BCUT2D eigenvalue weighted by molar-refractivity contribution is -0.127. The van der Waals surface area contributed by atoms with Crippen molar-refractivity contribution in [1.29, 1.82) is 0 Å². The lowest BCUT2D eigenvalue weighted by Crippen LogP contribution is -2.33. The minimum atomic E-state index is -0.0475. The first-order chi connectivity index (χ1) is 5.02. The Morgan fingerprint density at radius 1 is 1.45 bits per heavy atom. The van der Waals surface area contributed by atoms with Crippen molar-refractivity contribution in [1.82, 2.24) is 5.32 Å². The first-order valence-corrected chi connectivity index (χ1v) is 3.93. The van der Waals surface area contributed by atoms with Crippen LogP contribution in [0.5, 0.6) is 0 Å². The van der Waals surface area contributed by atoms with Crippen LogP contribution in [0.2, 0.25) is 0 Å². The summed E-state index contributed by atoms with van der Waals surface area (Å²) >= 11 is 0. The zero-order valence-electron chi connectivity index (χ0n) is 7.68. The van der Waals surface area contributed by atoms with Crippen LogP contribution in [-0.2, 0) is 9.53 Å². The van der Waals surface area contributed by atoms with Gasteiger partial charge in [0, 0.05) is 7.47 Å². The maximum Gasteiger partial charge on any atom is 0.246 e. The molecule has 1 amide bonds. The van der Waals surface area contributed by atoms with Gasteiger partial charge in [0.15, 0.2) is 0 Å². The first kappa shape index (κ1) is 10.4. The number of ether oxygens (including phenoxy) is 1. The standard InChI is InChI=1S/C8H17NO2.H2/c1-6(2)9-8(10)5-11-7(3)4;/h6-7H,5H2,1-4H3,(H,9,10);1H. The van der Waals surface area contributed by atoms with E-state index in [2.05, 4.69) is 5.32 Å². The van der Waals surface area contributed by atoms with Crippen LogP contribution in [-0.4, -0.2) is 24.7 Å². The predicted octanol–water partition coefficient (Wildman–Crippen LogP) is 1.18. The van der Waals surface area contributed by atoms with Crippen LogP contribution in [0.4, 0.5) is 0 Å². The minimum Gasteiger partial charge on any atom is -0.369 e. The third-order valence-electron chi connectivity index (χ3n) is 0.997. The van der Waals surface area contributed by atoms with Crippen LogP contribution >= 0.6 is 0 Å². The molecule has 0 aromatic rings. The van der Waals surface area contributed by atoms with Gasteiger partial charge in [0.25, 0.3) is 0 Å². The molecule has 0 aromatic carbocycles. The predicted molar refractivity (Wildman–Crippen MR) is 46.5 cm³/mol. The van der Waals surface area contributed by atoms with Crippen LogP contribution in [0.25, 0.3) is 0 Å². The maximum atomic E-state index is 10.9. The molecule has 0 spiro atoms. The van der Waals surface area contributed by atoms with Gasteiger partial charge in [-0.15, -0.1) is 0 Å². The zero-order valence-corrected chi connectivity index (χ0v) is 7.68. The molecule has 0 aliphatic rings. The fourth-order valence-corrected chi connectivity index (χ4v) is 0.606. The van der Waals surface area contributed by atoms with Crippen molar-refractivity contribution in [2.75, 3.05) is 6.61 Å². The molecule has 0 rings (SSSR count). The quantitative estimate of drug-likeness (QED) is 0.672. The molecule has 0 heterocycles. The molecule has 11 heavy (non-hydrogen) atoms. The normalized spacial score (nSPS) is 10.7. The smallest absolute Gasteiger partial charge is 0.246 e. The van der Waals surface area contributed by atoms with E-state index in [9.17, 15) is 4.79 Å². The number of rotatable bonds is 4. The van der Waals surface area contributed by atoms with E-state index < -0.39 is 0 Å². The van der Waals surface area contributed by atoms with Gasteiger partial charge in [-0.3, -0.25) is 4.79 Å². The van der Waals surface area contributed by atoms with E-state index in [1.807, 2.05) is 27.7 Å². The molecular formula is C8H19NO2. The Morgan fingerprint density at radius 2 is 2.00 bits per heavy atom. The summed E-state index contributed by atoms with van der Waals surface area (Å²) in [5, 5.41) is 2.73. The van der Waals surface area contributed by atoms with Crippen molar-refractivity contribution >= 4 is 5.91 Å². The van der Waals surface area contributed by atoms with E-state index in [-0.39, 0.29) is 26.1 Å². The molecule has 0 aliphatic heterocycles. The van der Waals surface area contributed by atoms with Gasteiger partial charge >= 0.3 is 0 Å². The Labute approximate surface area is 69.6 Å². The Bertz CT molecular complexity index is 126. The highest BCUT2D eigenvalue weighted by atomic mass is 16.5. The number of nitrogens with one attached hydrogen (secondary N) is 1. The highest BCUT2D eigenvalue weighted by Crippen LogP contribution is 1.87. The summed E-state index contributed by atoms with van der Waals surface area (Å²) in [6.07, 6.45) is 0.118. The highest BCUT2D eigenvalue weighted by Gasteiger charge is 2.03. The van der Waals surface area contributed by atoms with Gasteiger partial charge in [-0.25, -0.2) is 0 Å². The molecule has 0 unspecified atom stereocenters. The van der Waals surface area contributed by atoms with Crippen LogP contribution in [0.1, 0.15) is 29.1 Å². The van der Waals surface area contributed by atoms with Gasteiger partial charge < -0.3 is 10.1 Å². The Balaban J connectivity index is 0. The lowest BCUT2D eigenvalue weighted by atomic mass is 10.4. The largest absolute Gasteiger partial charge is 0.369 e. The Hall–Kier alpha value is -0.570. The SMILES string of the molecule is CC(C)NC(=O)COC(C)C.[HH]. The van der Waals surface area contributed by atoms with Gasteiger partial charge in [0.2, 0.25) is 5.91 Å². The van der Waals surface area contributed by atoms with Crippen LogP contribution in [0.15, 0.2) is 0 Å². The van der Waals surface area contributed by atoms with Crippen molar-refractivity contribution in [2.45, 2.75) is 39.8 Å². The maximum absolute atomic E-state index is 10.9. The van der Waals surface area contributed by atoms with E-state index >= 15 is 0 Å². The second-order valence-electron chi connectivity index (χ2n) is 3.08. The van der Waals surface area contributed by atoms with E-state index in [1.54, 1.807) is 0 Å². The summed E-state index contributed by atoms with van der Waals surface area (Å²) in [5.74, 6) is -0.0475. The Kier molecular flexibility index (Phi) is 4.86. The molecule has 0 aliphatic carbocycles.